The van der Waals surface area contributed by atoms with E-state index in [4.69, 9.17) is 19.9 Å². The van der Waals surface area contributed by atoms with Gasteiger partial charge in [0.1, 0.15) is 6.10 Å². The summed E-state index contributed by atoms with van der Waals surface area (Å²) in [5.74, 6) is 1.06. The maximum absolute atomic E-state index is 12.3. The van der Waals surface area contributed by atoms with Gasteiger partial charge in [0, 0.05) is 23.2 Å². The molecule has 0 saturated carbocycles. The van der Waals surface area contributed by atoms with Crippen molar-refractivity contribution in [1.29, 1.82) is 0 Å². The van der Waals surface area contributed by atoms with E-state index in [2.05, 4.69) is 21.2 Å². The first kappa shape index (κ1) is 21.0. The number of rotatable bonds is 7. The summed E-state index contributed by atoms with van der Waals surface area (Å²) in [5, 5.41) is 2.88. The summed E-state index contributed by atoms with van der Waals surface area (Å²) in [4.78, 5) is 12.3. The summed E-state index contributed by atoms with van der Waals surface area (Å²) < 4.78 is 17.5. The lowest BCUT2D eigenvalue weighted by molar-refractivity contribution is -0.126. The summed E-state index contributed by atoms with van der Waals surface area (Å²) in [5.41, 5.74) is 6.20. The molecule has 1 aromatic carbocycles. The fraction of sp³-hybridized carbons (Fsp3) is 0.562. The van der Waals surface area contributed by atoms with Crippen LogP contribution in [0.25, 0.3) is 0 Å². The standard InChI is InChI=1S/C16H23BrN2O4.ClH/c1-3-21-14-7-11(17)12(8-15(14)22-4-2)19-16(20)13-6-5-10(9-18)23-13;/h7-8,10,13H,3-6,9,18H2,1-2H3,(H,19,20);1H/t10-,13+;/m1./s1. The van der Waals surface area contributed by atoms with Crippen LogP contribution in [0.15, 0.2) is 16.6 Å². The van der Waals surface area contributed by atoms with E-state index in [1.165, 1.54) is 0 Å². The molecule has 1 aliphatic heterocycles. The number of hydrogen-bond acceptors (Lipinski definition) is 5. The van der Waals surface area contributed by atoms with E-state index in [1.807, 2.05) is 13.8 Å². The predicted molar refractivity (Wildman–Crippen MR) is 99.3 cm³/mol. The van der Waals surface area contributed by atoms with E-state index in [0.29, 0.717) is 43.4 Å². The maximum Gasteiger partial charge on any atom is 0.253 e. The normalized spacial score (nSPS) is 19.5. The third-order valence-electron chi connectivity index (χ3n) is 3.55. The number of nitrogens with one attached hydrogen (secondary N) is 1. The molecule has 8 heteroatoms. The molecule has 1 heterocycles. The Hall–Kier alpha value is -1.02. The van der Waals surface area contributed by atoms with Crippen LogP contribution in [-0.2, 0) is 9.53 Å². The van der Waals surface area contributed by atoms with Gasteiger partial charge in [0.2, 0.25) is 0 Å². The van der Waals surface area contributed by atoms with Crippen LogP contribution in [0.4, 0.5) is 5.69 Å². The number of benzene rings is 1. The number of amides is 1. The van der Waals surface area contributed by atoms with Crippen molar-refractivity contribution in [2.24, 2.45) is 5.73 Å². The van der Waals surface area contributed by atoms with E-state index < -0.39 is 6.10 Å². The second kappa shape index (κ2) is 10.1. The quantitative estimate of drug-likeness (QED) is 0.704. The Morgan fingerprint density at radius 3 is 2.46 bits per heavy atom. The third-order valence-corrected chi connectivity index (χ3v) is 4.21. The molecule has 1 fully saturated rings. The van der Waals surface area contributed by atoms with E-state index in [1.54, 1.807) is 12.1 Å². The van der Waals surface area contributed by atoms with Crippen molar-refractivity contribution in [2.75, 3.05) is 25.1 Å². The van der Waals surface area contributed by atoms with Gasteiger partial charge in [-0.1, -0.05) is 0 Å². The molecule has 1 saturated heterocycles. The fourth-order valence-corrected chi connectivity index (χ4v) is 2.87. The van der Waals surface area contributed by atoms with Crippen molar-refractivity contribution in [3.8, 4) is 11.5 Å². The zero-order chi connectivity index (χ0) is 16.8. The van der Waals surface area contributed by atoms with Gasteiger partial charge >= 0.3 is 0 Å². The molecule has 1 amide bonds. The Kier molecular flexibility index (Phi) is 8.83. The van der Waals surface area contributed by atoms with Crippen LogP contribution in [0.1, 0.15) is 26.7 Å². The van der Waals surface area contributed by atoms with Crippen LogP contribution in [0.3, 0.4) is 0 Å². The molecule has 6 nitrogen and oxygen atoms in total. The first-order valence-corrected chi connectivity index (χ1v) is 8.63. The fourth-order valence-electron chi connectivity index (χ4n) is 2.45. The Morgan fingerprint density at radius 1 is 1.29 bits per heavy atom. The van der Waals surface area contributed by atoms with E-state index in [0.717, 1.165) is 10.9 Å². The number of carbonyl (C=O) groups is 1. The van der Waals surface area contributed by atoms with E-state index in [9.17, 15) is 4.79 Å². The molecule has 3 N–H and O–H groups in total. The number of ether oxygens (including phenoxy) is 3. The second-order valence-corrected chi connectivity index (χ2v) is 6.05. The summed E-state index contributed by atoms with van der Waals surface area (Å²) >= 11 is 3.45. The van der Waals surface area contributed by atoms with Gasteiger partial charge in [0.15, 0.2) is 11.5 Å². The molecular formula is C16H24BrClN2O4. The van der Waals surface area contributed by atoms with Crippen molar-refractivity contribution in [3.05, 3.63) is 16.6 Å². The first-order valence-electron chi connectivity index (χ1n) is 7.84. The molecule has 2 rings (SSSR count). The van der Waals surface area contributed by atoms with E-state index in [-0.39, 0.29) is 24.4 Å². The Labute approximate surface area is 156 Å². The van der Waals surface area contributed by atoms with Gasteiger partial charge < -0.3 is 25.3 Å². The van der Waals surface area contributed by atoms with Gasteiger partial charge in [0.05, 0.1) is 25.0 Å². The van der Waals surface area contributed by atoms with Crippen LogP contribution < -0.4 is 20.5 Å². The average molecular weight is 424 g/mol. The largest absolute Gasteiger partial charge is 0.490 e. The number of nitrogens with two attached hydrogens (primary N) is 1. The van der Waals surface area contributed by atoms with Gasteiger partial charge in [-0.25, -0.2) is 0 Å². The molecule has 24 heavy (non-hydrogen) atoms. The lowest BCUT2D eigenvalue weighted by Crippen LogP contribution is -2.29. The highest BCUT2D eigenvalue weighted by atomic mass is 79.9. The van der Waals surface area contributed by atoms with Crippen LogP contribution in [0.2, 0.25) is 0 Å². The van der Waals surface area contributed by atoms with Gasteiger partial charge in [-0.2, -0.15) is 0 Å². The van der Waals surface area contributed by atoms with Crippen LogP contribution in [0, 0.1) is 0 Å². The summed E-state index contributed by atoms with van der Waals surface area (Å²) in [6.07, 6.45) is 0.996. The monoisotopic (exact) mass is 422 g/mol. The van der Waals surface area contributed by atoms with Gasteiger partial charge in [0.25, 0.3) is 5.91 Å². The Morgan fingerprint density at radius 2 is 1.92 bits per heavy atom. The number of hydrogen-bond donors (Lipinski definition) is 2. The molecule has 0 spiro atoms. The van der Waals surface area contributed by atoms with Crippen LogP contribution >= 0.6 is 28.3 Å². The topological polar surface area (TPSA) is 82.8 Å². The second-order valence-electron chi connectivity index (χ2n) is 5.19. The minimum absolute atomic E-state index is 0. The minimum Gasteiger partial charge on any atom is -0.490 e. The molecular weight excluding hydrogens is 400 g/mol. The third kappa shape index (κ3) is 5.24. The van der Waals surface area contributed by atoms with Gasteiger partial charge in [-0.15, -0.1) is 12.4 Å². The average Bonchev–Trinajstić information content (AvgIpc) is 3.01. The number of halogens is 2. The molecule has 0 aromatic heterocycles. The number of carbonyl (C=O) groups excluding carboxylic acids is 1. The SMILES string of the molecule is CCOc1cc(Br)c(NC(=O)[C@@H]2CC[C@H](CN)O2)cc1OCC.Cl. The van der Waals surface area contributed by atoms with Gasteiger partial charge in [-0.05, 0) is 42.6 Å². The molecule has 2 atom stereocenters. The molecule has 136 valence electrons. The summed E-state index contributed by atoms with van der Waals surface area (Å²) in [6, 6.07) is 3.55. The highest BCUT2D eigenvalue weighted by molar-refractivity contribution is 9.10. The highest BCUT2D eigenvalue weighted by Crippen LogP contribution is 2.37. The smallest absolute Gasteiger partial charge is 0.253 e. The highest BCUT2D eigenvalue weighted by Gasteiger charge is 2.30. The minimum atomic E-state index is -0.461. The molecule has 1 aliphatic rings. The predicted octanol–water partition coefficient (Wildman–Crippen LogP) is 3.11. The van der Waals surface area contributed by atoms with E-state index >= 15 is 0 Å². The van der Waals surface area contributed by atoms with Crippen molar-refractivity contribution in [1.82, 2.24) is 0 Å². The number of anilines is 1. The first-order chi connectivity index (χ1) is 11.1. The zero-order valence-electron chi connectivity index (χ0n) is 13.8. The van der Waals surface area contributed by atoms with Crippen molar-refractivity contribution in [3.63, 3.8) is 0 Å². The lowest BCUT2D eigenvalue weighted by atomic mass is 10.2. The molecule has 0 aliphatic carbocycles. The van der Waals surface area contributed by atoms with Crippen molar-refractivity contribution in [2.45, 2.75) is 38.9 Å². The van der Waals surface area contributed by atoms with Crippen molar-refractivity contribution >= 4 is 39.9 Å². The molecule has 0 radical (unpaired) electrons. The van der Waals surface area contributed by atoms with Crippen molar-refractivity contribution < 1.29 is 19.0 Å². The maximum atomic E-state index is 12.3. The summed E-state index contributed by atoms with van der Waals surface area (Å²) in [6.45, 7) is 5.29. The summed E-state index contributed by atoms with van der Waals surface area (Å²) in [7, 11) is 0. The lowest BCUT2D eigenvalue weighted by Gasteiger charge is -2.16. The Bertz CT molecular complexity index is 559. The molecule has 1 aromatic rings. The molecule has 0 unspecified atom stereocenters. The van der Waals surface area contributed by atoms with Crippen LogP contribution in [0.5, 0.6) is 11.5 Å². The molecule has 0 bridgehead atoms. The van der Waals surface area contributed by atoms with Crippen LogP contribution in [-0.4, -0.2) is 37.9 Å². The van der Waals surface area contributed by atoms with Gasteiger partial charge in [-0.3, -0.25) is 4.79 Å². The zero-order valence-corrected chi connectivity index (χ0v) is 16.2. The Balaban J connectivity index is 0.00000288.